The van der Waals surface area contributed by atoms with Gasteiger partial charge in [0.1, 0.15) is 11.2 Å². The zero-order chi connectivity index (χ0) is 20.4. The molecule has 0 aliphatic carbocycles. The van der Waals surface area contributed by atoms with Crippen molar-refractivity contribution in [3.63, 3.8) is 0 Å². The van der Waals surface area contributed by atoms with Crippen LogP contribution >= 0.6 is 0 Å². The molecule has 0 saturated carbocycles. The summed E-state index contributed by atoms with van der Waals surface area (Å²) in [5.41, 5.74) is 1.40. The SMILES string of the molecule is CCOc1nc(N2CCNCC2)ncc1C(=O)Nc1cn2cc(C)nc2cc1F. The number of carbonyl (C=O) groups excluding carboxylic acids is 1. The molecule has 0 atom stereocenters. The van der Waals surface area contributed by atoms with Crippen molar-refractivity contribution >= 4 is 23.2 Å². The van der Waals surface area contributed by atoms with E-state index in [9.17, 15) is 9.18 Å². The normalized spacial score (nSPS) is 14.2. The van der Waals surface area contributed by atoms with E-state index in [-0.39, 0.29) is 17.1 Å². The van der Waals surface area contributed by atoms with Crippen molar-refractivity contribution in [2.24, 2.45) is 0 Å². The highest BCUT2D eigenvalue weighted by Crippen LogP contribution is 2.22. The molecule has 0 unspecified atom stereocenters. The number of hydrogen-bond donors (Lipinski definition) is 2. The maximum absolute atomic E-state index is 14.4. The predicted molar refractivity (Wildman–Crippen MR) is 106 cm³/mol. The molecule has 29 heavy (non-hydrogen) atoms. The van der Waals surface area contributed by atoms with E-state index in [1.54, 1.807) is 10.6 Å². The van der Waals surface area contributed by atoms with Crippen LogP contribution in [0.4, 0.5) is 16.0 Å². The van der Waals surface area contributed by atoms with Crippen LogP contribution in [0.1, 0.15) is 23.0 Å². The summed E-state index contributed by atoms with van der Waals surface area (Å²) in [5.74, 6) is -0.440. The number of nitrogens with zero attached hydrogens (tertiary/aromatic N) is 5. The second-order valence-electron chi connectivity index (χ2n) is 6.70. The monoisotopic (exact) mass is 399 g/mol. The van der Waals surface area contributed by atoms with Gasteiger partial charge in [-0.25, -0.2) is 14.4 Å². The first kappa shape index (κ1) is 19.1. The highest BCUT2D eigenvalue weighted by atomic mass is 19.1. The Hall–Kier alpha value is -3.27. The fourth-order valence-electron chi connectivity index (χ4n) is 3.20. The number of anilines is 2. The average Bonchev–Trinajstić information content (AvgIpc) is 3.07. The topological polar surface area (TPSA) is 96.7 Å². The Morgan fingerprint density at radius 2 is 2.10 bits per heavy atom. The fourth-order valence-corrected chi connectivity index (χ4v) is 3.20. The van der Waals surface area contributed by atoms with Crippen LogP contribution in [0, 0.1) is 12.7 Å². The third kappa shape index (κ3) is 3.97. The van der Waals surface area contributed by atoms with Gasteiger partial charge in [-0.2, -0.15) is 4.98 Å². The molecule has 1 fully saturated rings. The standard InChI is InChI=1S/C19H22FN7O2/c1-3-29-18-13(9-22-19(25-18)26-6-4-21-5-7-26)17(28)24-15-11-27-10-12(2)23-16(27)8-14(15)20/h8-11,21H,3-7H2,1-2H3,(H,24,28). The van der Waals surface area contributed by atoms with Gasteiger partial charge in [-0.1, -0.05) is 0 Å². The van der Waals surface area contributed by atoms with Crippen molar-refractivity contribution in [1.82, 2.24) is 24.7 Å². The minimum atomic E-state index is -0.576. The molecule has 10 heteroatoms. The van der Waals surface area contributed by atoms with Crippen LogP contribution in [0.25, 0.3) is 5.65 Å². The number of ether oxygens (including phenoxy) is 1. The summed E-state index contributed by atoms with van der Waals surface area (Å²) in [6.07, 6.45) is 4.66. The molecule has 4 rings (SSSR count). The number of amides is 1. The summed E-state index contributed by atoms with van der Waals surface area (Å²) in [6, 6.07) is 1.27. The van der Waals surface area contributed by atoms with Gasteiger partial charge in [-0.3, -0.25) is 4.79 Å². The maximum Gasteiger partial charge on any atom is 0.262 e. The van der Waals surface area contributed by atoms with E-state index < -0.39 is 11.7 Å². The molecule has 1 aliphatic heterocycles. The van der Waals surface area contributed by atoms with Crippen LogP contribution in [0.3, 0.4) is 0 Å². The lowest BCUT2D eigenvalue weighted by Crippen LogP contribution is -2.44. The van der Waals surface area contributed by atoms with E-state index in [0.717, 1.165) is 31.9 Å². The van der Waals surface area contributed by atoms with Gasteiger partial charge >= 0.3 is 0 Å². The van der Waals surface area contributed by atoms with Crippen LogP contribution < -0.4 is 20.3 Å². The number of nitrogens with one attached hydrogen (secondary N) is 2. The van der Waals surface area contributed by atoms with Crippen molar-refractivity contribution in [2.75, 3.05) is 43.0 Å². The fraction of sp³-hybridized carbons (Fsp3) is 0.368. The highest BCUT2D eigenvalue weighted by Gasteiger charge is 2.21. The number of halogens is 1. The summed E-state index contributed by atoms with van der Waals surface area (Å²) in [5, 5.41) is 5.85. The van der Waals surface area contributed by atoms with Crippen LogP contribution in [-0.4, -0.2) is 58.0 Å². The molecule has 3 aromatic heterocycles. The zero-order valence-electron chi connectivity index (χ0n) is 16.3. The molecule has 2 N–H and O–H groups in total. The molecular weight excluding hydrogens is 377 g/mol. The van der Waals surface area contributed by atoms with E-state index in [1.807, 2.05) is 18.7 Å². The van der Waals surface area contributed by atoms with E-state index in [2.05, 4.69) is 25.6 Å². The van der Waals surface area contributed by atoms with Gasteiger partial charge in [-0.05, 0) is 13.8 Å². The quantitative estimate of drug-likeness (QED) is 0.673. The zero-order valence-corrected chi connectivity index (χ0v) is 16.3. The summed E-state index contributed by atoms with van der Waals surface area (Å²) in [7, 11) is 0. The Labute approximate surface area is 166 Å². The van der Waals surface area contributed by atoms with Gasteiger partial charge in [0.2, 0.25) is 11.8 Å². The third-order valence-corrected chi connectivity index (χ3v) is 4.58. The number of aromatic nitrogens is 4. The van der Waals surface area contributed by atoms with Gasteiger partial charge in [0, 0.05) is 50.8 Å². The lowest BCUT2D eigenvalue weighted by molar-refractivity contribution is 0.102. The Kier molecular flexibility index (Phi) is 5.26. The number of pyridine rings is 1. The van der Waals surface area contributed by atoms with Crippen LogP contribution in [0.15, 0.2) is 24.7 Å². The molecule has 4 heterocycles. The molecule has 3 aromatic rings. The summed E-state index contributed by atoms with van der Waals surface area (Å²) in [6.45, 7) is 7.18. The molecule has 1 aliphatic rings. The number of piperazine rings is 1. The van der Waals surface area contributed by atoms with Gasteiger partial charge in [-0.15, -0.1) is 0 Å². The van der Waals surface area contributed by atoms with Crippen LogP contribution in [-0.2, 0) is 0 Å². The van der Waals surface area contributed by atoms with Gasteiger partial charge in [0.25, 0.3) is 5.91 Å². The van der Waals surface area contributed by atoms with E-state index in [4.69, 9.17) is 4.74 Å². The largest absolute Gasteiger partial charge is 0.477 e. The molecule has 1 amide bonds. The first-order valence-electron chi connectivity index (χ1n) is 9.47. The van der Waals surface area contributed by atoms with Crippen molar-refractivity contribution < 1.29 is 13.9 Å². The third-order valence-electron chi connectivity index (χ3n) is 4.58. The number of aryl methyl sites for hydroxylation is 1. The van der Waals surface area contributed by atoms with Crippen molar-refractivity contribution in [1.29, 1.82) is 0 Å². The number of hydrogen-bond acceptors (Lipinski definition) is 7. The molecule has 0 aromatic carbocycles. The van der Waals surface area contributed by atoms with Crippen molar-refractivity contribution in [3.05, 3.63) is 41.7 Å². The second kappa shape index (κ2) is 8.00. The van der Waals surface area contributed by atoms with Crippen molar-refractivity contribution in [2.45, 2.75) is 13.8 Å². The van der Waals surface area contributed by atoms with E-state index in [1.165, 1.54) is 18.5 Å². The molecule has 9 nitrogen and oxygen atoms in total. The Balaban J connectivity index is 1.61. The van der Waals surface area contributed by atoms with Crippen LogP contribution in [0.5, 0.6) is 5.88 Å². The molecule has 0 spiro atoms. The minimum Gasteiger partial charge on any atom is -0.477 e. The summed E-state index contributed by atoms with van der Waals surface area (Å²) in [4.78, 5) is 27.8. The first-order valence-corrected chi connectivity index (χ1v) is 9.47. The smallest absolute Gasteiger partial charge is 0.262 e. The van der Waals surface area contributed by atoms with Gasteiger partial charge < -0.3 is 24.7 Å². The van der Waals surface area contributed by atoms with Gasteiger partial charge in [0.05, 0.1) is 18.0 Å². The number of rotatable bonds is 5. The summed E-state index contributed by atoms with van der Waals surface area (Å²) >= 11 is 0. The maximum atomic E-state index is 14.4. The van der Waals surface area contributed by atoms with Gasteiger partial charge in [0.15, 0.2) is 5.82 Å². The molecular formula is C19H22FN7O2. The number of fused-ring (bicyclic) bond motifs is 1. The lowest BCUT2D eigenvalue weighted by atomic mass is 10.2. The Morgan fingerprint density at radius 3 is 2.86 bits per heavy atom. The average molecular weight is 399 g/mol. The molecule has 0 bridgehead atoms. The highest BCUT2D eigenvalue weighted by molar-refractivity contribution is 6.05. The minimum absolute atomic E-state index is 0.0357. The van der Waals surface area contributed by atoms with Crippen molar-refractivity contribution in [3.8, 4) is 5.88 Å². The lowest BCUT2D eigenvalue weighted by Gasteiger charge is -2.27. The molecule has 1 saturated heterocycles. The Morgan fingerprint density at radius 1 is 1.31 bits per heavy atom. The van der Waals surface area contributed by atoms with Crippen LogP contribution in [0.2, 0.25) is 0 Å². The Bertz CT molecular complexity index is 1050. The number of imidazole rings is 1. The second-order valence-corrected chi connectivity index (χ2v) is 6.70. The van der Waals surface area contributed by atoms with E-state index in [0.29, 0.717) is 18.2 Å². The molecule has 152 valence electrons. The van der Waals surface area contributed by atoms with E-state index >= 15 is 0 Å². The summed E-state index contributed by atoms with van der Waals surface area (Å²) < 4.78 is 21.6. The predicted octanol–water partition coefficient (Wildman–Crippen LogP) is 1.63. The molecule has 0 radical (unpaired) electrons. The number of carbonyl (C=O) groups is 1. The first-order chi connectivity index (χ1) is 14.0.